The highest BCUT2D eigenvalue weighted by Gasteiger charge is 2.35. The summed E-state index contributed by atoms with van der Waals surface area (Å²) in [5.41, 5.74) is 2.65. The SMILES string of the molecule is CCOc1cc(/C=C2/NC(=O)N(CC(=O)Nc3ccc(C)cc3)C2=O)c(Br)cc1OCc1cccc([N+](=O)[O-])c1. The van der Waals surface area contributed by atoms with Crippen molar-refractivity contribution in [3.63, 3.8) is 0 Å². The molecule has 11 nitrogen and oxygen atoms in total. The lowest BCUT2D eigenvalue weighted by Crippen LogP contribution is -2.38. The lowest BCUT2D eigenvalue weighted by Gasteiger charge is -2.14. The van der Waals surface area contributed by atoms with Crippen LogP contribution in [0.3, 0.4) is 0 Å². The summed E-state index contributed by atoms with van der Waals surface area (Å²) in [6.07, 6.45) is 1.47. The molecule has 2 N–H and O–H groups in total. The van der Waals surface area contributed by atoms with Gasteiger partial charge in [0.1, 0.15) is 18.8 Å². The lowest BCUT2D eigenvalue weighted by atomic mass is 10.1. The van der Waals surface area contributed by atoms with Crippen LogP contribution in [0.1, 0.15) is 23.6 Å². The molecule has 0 aliphatic carbocycles. The van der Waals surface area contributed by atoms with Crippen LogP contribution in [0.4, 0.5) is 16.2 Å². The Labute approximate surface area is 238 Å². The quantitative estimate of drug-likeness (QED) is 0.140. The molecule has 0 saturated carbocycles. The third-order valence-corrected chi connectivity index (χ3v) is 6.46. The van der Waals surface area contributed by atoms with Crippen molar-refractivity contribution in [1.82, 2.24) is 10.2 Å². The molecular formula is C28H25BrN4O7. The molecule has 40 heavy (non-hydrogen) atoms. The van der Waals surface area contributed by atoms with Crippen molar-refractivity contribution in [2.45, 2.75) is 20.5 Å². The topological polar surface area (TPSA) is 140 Å². The molecule has 1 aliphatic rings. The number of hydrogen-bond acceptors (Lipinski definition) is 7. The Balaban J connectivity index is 1.49. The van der Waals surface area contributed by atoms with E-state index in [1.54, 1.807) is 43.3 Å². The van der Waals surface area contributed by atoms with Crippen molar-refractivity contribution in [3.05, 3.63) is 97.6 Å². The third kappa shape index (κ3) is 6.83. The number of imide groups is 1. The first-order valence-corrected chi connectivity index (χ1v) is 13.0. The zero-order valence-corrected chi connectivity index (χ0v) is 23.2. The number of amides is 4. The number of carbonyl (C=O) groups excluding carboxylic acids is 3. The number of non-ortho nitro benzene ring substituents is 1. The van der Waals surface area contributed by atoms with Gasteiger partial charge < -0.3 is 20.1 Å². The monoisotopic (exact) mass is 608 g/mol. The summed E-state index contributed by atoms with van der Waals surface area (Å²) in [6.45, 7) is 3.65. The van der Waals surface area contributed by atoms with Crippen LogP contribution in [0.15, 0.2) is 70.8 Å². The Morgan fingerprint density at radius 1 is 1.10 bits per heavy atom. The molecule has 3 aromatic carbocycles. The summed E-state index contributed by atoms with van der Waals surface area (Å²) in [4.78, 5) is 49.3. The van der Waals surface area contributed by atoms with E-state index in [0.29, 0.717) is 39.4 Å². The average molecular weight is 609 g/mol. The van der Waals surface area contributed by atoms with Crippen molar-refractivity contribution >= 4 is 51.2 Å². The maximum atomic E-state index is 13.0. The van der Waals surface area contributed by atoms with Gasteiger partial charge >= 0.3 is 6.03 Å². The highest BCUT2D eigenvalue weighted by atomic mass is 79.9. The molecule has 0 spiro atoms. The summed E-state index contributed by atoms with van der Waals surface area (Å²) in [5, 5.41) is 16.2. The van der Waals surface area contributed by atoms with Crippen LogP contribution in [0.2, 0.25) is 0 Å². The van der Waals surface area contributed by atoms with Gasteiger partial charge in [0.15, 0.2) is 11.5 Å². The molecule has 1 fully saturated rings. The molecule has 1 aliphatic heterocycles. The van der Waals surface area contributed by atoms with Crippen LogP contribution in [-0.2, 0) is 16.2 Å². The lowest BCUT2D eigenvalue weighted by molar-refractivity contribution is -0.384. The first-order valence-electron chi connectivity index (χ1n) is 12.2. The number of aryl methyl sites for hydroxylation is 1. The second-order valence-corrected chi connectivity index (χ2v) is 9.62. The van der Waals surface area contributed by atoms with Crippen LogP contribution in [-0.4, -0.2) is 40.8 Å². The number of urea groups is 1. The molecule has 1 heterocycles. The van der Waals surface area contributed by atoms with Gasteiger partial charge in [0.05, 0.1) is 11.5 Å². The van der Waals surface area contributed by atoms with E-state index < -0.39 is 29.3 Å². The van der Waals surface area contributed by atoms with Crippen LogP contribution < -0.4 is 20.1 Å². The number of hydrogen-bond donors (Lipinski definition) is 2. The minimum absolute atomic E-state index is 0.0125. The Morgan fingerprint density at radius 3 is 2.52 bits per heavy atom. The number of nitro benzene ring substituents is 1. The number of halogens is 1. The van der Waals surface area contributed by atoms with Gasteiger partial charge in [-0.3, -0.25) is 19.7 Å². The van der Waals surface area contributed by atoms with E-state index in [9.17, 15) is 24.5 Å². The Bertz CT molecular complexity index is 1500. The number of nitrogens with zero attached hydrogens (tertiary/aromatic N) is 2. The number of carbonyl (C=O) groups is 3. The summed E-state index contributed by atoms with van der Waals surface area (Å²) >= 11 is 3.46. The van der Waals surface area contributed by atoms with E-state index in [0.717, 1.165) is 10.5 Å². The van der Waals surface area contributed by atoms with E-state index >= 15 is 0 Å². The fourth-order valence-corrected chi connectivity index (χ4v) is 4.25. The van der Waals surface area contributed by atoms with Gasteiger partial charge in [-0.05, 0) is 55.3 Å². The zero-order valence-electron chi connectivity index (χ0n) is 21.6. The predicted octanol–water partition coefficient (Wildman–Crippen LogP) is 5.17. The second kappa shape index (κ2) is 12.4. The van der Waals surface area contributed by atoms with Gasteiger partial charge in [-0.1, -0.05) is 45.8 Å². The maximum absolute atomic E-state index is 13.0. The van der Waals surface area contributed by atoms with Crippen LogP contribution in [0, 0.1) is 17.0 Å². The molecule has 1 saturated heterocycles. The van der Waals surface area contributed by atoms with E-state index in [1.165, 1.54) is 18.2 Å². The van der Waals surface area contributed by atoms with Crippen molar-refractivity contribution in [2.24, 2.45) is 0 Å². The zero-order chi connectivity index (χ0) is 28.8. The first-order chi connectivity index (χ1) is 19.1. The van der Waals surface area contributed by atoms with Gasteiger partial charge in [0, 0.05) is 22.3 Å². The number of nitrogens with one attached hydrogen (secondary N) is 2. The molecule has 0 unspecified atom stereocenters. The predicted molar refractivity (Wildman–Crippen MR) is 151 cm³/mol. The summed E-state index contributed by atoms with van der Waals surface area (Å²) < 4.78 is 12.1. The molecule has 12 heteroatoms. The van der Waals surface area contributed by atoms with Crippen molar-refractivity contribution in [3.8, 4) is 11.5 Å². The minimum Gasteiger partial charge on any atom is -0.490 e. The molecule has 0 aromatic heterocycles. The number of benzene rings is 3. The van der Waals surface area contributed by atoms with E-state index in [4.69, 9.17) is 9.47 Å². The van der Waals surface area contributed by atoms with Crippen LogP contribution >= 0.6 is 15.9 Å². The molecule has 4 rings (SSSR count). The summed E-state index contributed by atoms with van der Waals surface area (Å²) in [5.74, 6) is -0.425. The summed E-state index contributed by atoms with van der Waals surface area (Å²) in [7, 11) is 0. The van der Waals surface area contributed by atoms with Gasteiger partial charge in [0.25, 0.3) is 11.6 Å². The highest BCUT2D eigenvalue weighted by molar-refractivity contribution is 9.10. The van der Waals surface area contributed by atoms with Gasteiger partial charge in [-0.2, -0.15) is 0 Å². The minimum atomic E-state index is -0.714. The van der Waals surface area contributed by atoms with E-state index in [2.05, 4.69) is 26.6 Å². The Morgan fingerprint density at radius 2 is 1.82 bits per heavy atom. The second-order valence-electron chi connectivity index (χ2n) is 8.76. The number of anilines is 1. The van der Waals surface area contributed by atoms with Gasteiger partial charge in [-0.25, -0.2) is 9.69 Å². The molecule has 3 aromatic rings. The van der Waals surface area contributed by atoms with Crippen LogP contribution in [0.5, 0.6) is 11.5 Å². The molecule has 4 amide bonds. The van der Waals surface area contributed by atoms with Crippen molar-refractivity contribution < 1.29 is 28.8 Å². The van der Waals surface area contributed by atoms with E-state index in [1.807, 2.05) is 19.1 Å². The van der Waals surface area contributed by atoms with Crippen molar-refractivity contribution in [1.29, 1.82) is 0 Å². The molecule has 206 valence electrons. The molecular weight excluding hydrogens is 584 g/mol. The number of nitro groups is 1. The van der Waals surface area contributed by atoms with Gasteiger partial charge in [0.2, 0.25) is 5.91 Å². The molecule has 0 atom stereocenters. The summed E-state index contributed by atoms with van der Waals surface area (Å²) in [6, 6.07) is 15.8. The smallest absolute Gasteiger partial charge is 0.329 e. The fraction of sp³-hybridized carbons (Fsp3) is 0.179. The molecule has 0 radical (unpaired) electrons. The third-order valence-electron chi connectivity index (χ3n) is 5.78. The number of rotatable bonds is 10. The maximum Gasteiger partial charge on any atom is 0.329 e. The van der Waals surface area contributed by atoms with Gasteiger partial charge in [-0.15, -0.1) is 0 Å². The highest BCUT2D eigenvalue weighted by Crippen LogP contribution is 2.36. The number of ether oxygens (including phenoxy) is 2. The van der Waals surface area contributed by atoms with Crippen molar-refractivity contribution in [2.75, 3.05) is 18.5 Å². The standard InChI is InChI=1S/C28H25BrN4O7/c1-3-39-24-13-19(22(29)14-25(24)40-16-18-5-4-6-21(11-18)33(37)38)12-23-27(35)32(28(36)31-23)15-26(34)30-20-9-7-17(2)8-10-20/h4-14H,3,15-16H2,1-2H3,(H,30,34)(H,31,36)/b23-12+. The molecule has 0 bridgehead atoms. The largest absolute Gasteiger partial charge is 0.490 e. The van der Waals surface area contributed by atoms with Crippen LogP contribution in [0.25, 0.3) is 6.08 Å². The average Bonchev–Trinajstić information content (AvgIpc) is 3.18. The Kier molecular flexibility index (Phi) is 8.80. The normalized spacial score (nSPS) is 13.8. The fourth-order valence-electron chi connectivity index (χ4n) is 3.82. The Hall–Kier alpha value is -4.71. The van der Waals surface area contributed by atoms with E-state index in [-0.39, 0.29) is 18.0 Å². The first kappa shape index (κ1) is 28.3.